The molecule has 1 N–H and O–H groups in total. The normalized spacial score (nSPS) is 18.5. The maximum Gasteiger partial charge on any atom is 0.335 e. The van der Waals surface area contributed by atoms with Crippen molar-refractivity contribution >= 4 is 27.5 Å². The Kier molecular flexibility index (Phi) is 8.46. The van der Waals surface area contributed by atoms with E-state index in [2.05, 4.69) is 16.7 Å². The molecule has 2 fully saturated rings. The minimum absolute atomic E-state index is 0.0694. The lowest BCUT2D eigenvalue weighted by Gasteiger charge is -2.34. The second kappa shape index (κ2) is 11.6. The van der Waals surface area contributed by atoms with E-state index in [0.717, 1.165) is 50.9 Å². The van der Waals surface area contributed by atoms with Crippen LogP contribution in [0.5, 0.6) is 0 Å². The largest absolute Gasteiger partial charge is 0.478 e. The molecule has 2 saturated heterocycles. The quantitative estimate of drug-likeness (QED) is 0.585. The third-order valence-corrected chi connectivity index (χ3v) is 8.65. The van der Waals surface area contributed by atoms with Crippen LogP contribution in [0.4, 0.5) is 14.9 Å². The van der Waals surface area contributed by atoms with Crippen LogP contribution in [0.2, 0.25) is 0 Å². The second-order valence-corrected chi connectivity index (χ2v) is 11.8. The Hall–Kier alpha value is -3.02. The summed E-state index contributed by atoms with van der Waals surface area (Å²) in [6.45, 7) is 8.08. The highest BCUT2D eigenvalue weighted by molar-refractivity contribution is 7.91. The molecule has 2 aliphatic heterocycles. The monoisotopic (exact) mass is 532 g/mol. The van der Waals surface area contributed by atoms with Crippen molar-refractivity contribution in [1.82, 2.24) is 14.7 Å². The van der Waals surface area contributed by atoms with Gasteiger partial charge < -0.3 is 14.9 Å². The molecule has 0 aliphatic carbocycles. The second-order valence-electron chi connectivity index (χ2n) is 9.50. The highest BCUT2D eigenvalue weighted by Crippen LogP contribution is 2.23. The predicted octanol–water partition coefficient (Wildman–Crippen LogP) is 2.52. The zero-order valence-corrected chi connectivity index (χ0v) is 21.8. The van der Waals surface area contributed by atoms with Gasteiger partial charge in [0.15, 0.2) is 9.84 Å². The predicted molar refractivity (Wildman–Crippen MR) is 139 cm³/mol. The molecule has 9 nitrogen and oxygen atoms in total. The topological polar surface area (TPSA) is 101 Å². The van der Waals surface area contributed by atoms with Gasteiger partial charge in [0.1, 0.15) is 5.82 Å². The third kappa shape index (κ3) is 6.85. The number of likely N-dealkylation sites (N-methyl/N-ethyl adjacent to an activating group) is 1. The first-order valence-corrected chi connectivity index (χ1v) is 14.3. The molecule has 2 amide bonds. The van der Waals surface area contributed by atoms with Gasteiger partial charge in [0, 0.05) is 57.1 Å². The molecule has 37 heavy (non-hydrogen) atoms. The molecule has 0 unspecified atom stereocenters. The van der Waals surface area contributed by atoms with Crippen LogP contribution in [0.3, 0.4) is 0 Å². The first-order chi connectivity index (χ1) is 17.6. The molecule has 200 valence electrons. The molecule has 0 bridgehead atoms. The van der Waals surface area contributed by atoms with Gasteiger partial charge in [-0.05, 0) is 36.4 Å². The summed E-state index contributed by atoms with van der Waals surface area (Å²) in [5.41, 5.74) is 1.65. The molecular formula is C26H33FN4O5S. The van der Waals surface area contributed by atoms with E-state index in [0.29, 0.717) is 5.69 Å². The number of rotatable bonds is 7. The van der Waals surface area contributed by atoms with Crippen molar-refractivity contribution in [1.29, 1.82) is 0 Å². The van der Waals surface area contributed by atoms with E-state index in [4.69, 9.17) is 5.11 Å². The number of nitrogens with zero attached hydrogens (tertiary/aromatic N) is 4. The van der Waals surface area contributed by atoms with Gasteiger partial charge in [0.2, 0.25) is 0 Å². The van der Waals surface area contributed by atoms with Gasteiger partial charge in [-0.2, -0.15) is 0 Å². The Morgan fingerprint density at radius 2 is 1.57 bits per heavy atom. The number of halogens is 1. The van der Waals surface area contributed by atoms with Gasteiger partial charge in [-0.15, -0.1) is 0 Å². The fourth-order valence-corrected chi connectivity index (χ4v) is 5.83. The fourth-order valence-electron chi connectivity index (χ4n) is 4.63. The third-order valence-electron chi connectivity index (χ3n) is 7.04. The van der Waals surface area contributed by atoms with Crippen molar-refractivity contribution in [3.8, 4) is 0 Å². The number of piperazine rings is 1. The molecule has 0 atom stereocenters. The number of urea groups is 1. The number of benzene rings is 2. The minimum atomic E-state index is -3.18. The van der Waals surface area contributed by atoms with Crippen LogP contribution >= 0.6 is 0 Å². The van der Waals surface area contributed by atoms with E-state index in [-0.39, 0.29) is 42.3 Å². The van der Waals surface area contributed by atoms with Crippen molar-refractivity contribution in [2.75, 3.05) is 62.2 Å². The lowest BCUT2D eigenvalue weighted by molar-refractivity contribution is 0.0696. The molecule has 2 aromatic rings. The summed E-state index contributed by atoms with van der Waals surface area (Å²) in [5, 5.41) is 9.14. The number of amides is 2. The van der Waals surface area contributed by atoms with E-state index < -0.39 is 27.7 Å². The summed E-state index contributed by atoms with van der Waals surface area (Å²) in [6, 6.07) is 10.7. The van der Waals surface area contributed by atoms with Crippen LogP contribution in [0.1, 0.15) is 28.4 Å². The van der Waals surface area contributed by atoms with Crippen LogP contribution in [0.15, 0.2) is 42.5 Å². The van der Waals surface area contributed by atoms with Crippen LogP contribution in [-0.4, -0.2) is 97.5 Å². The van der Waals surface area contributed by atoms with E-state index >= 15 is 0 Å². The number of hydrogen-bond donors (Lipinski definition) is 1. The zero-order chi connectivity index (χ0) is 26.6. The lowest BCUT2D eigenvalue weighted by atomic mass is 10.1. The van der Waals surface area contributed by atoms with Gasteiger partial charge in [-0.1, -0.05) is 25.1 Å². The number of carboxylic acid groups (broad SMARTS) is 1. The van der Waals surface area contributed by atoms with Crippen LogP contribution in [0, 0.1) is 5.82 Å². The van der Waals surface area contributed by atoms with E-state index in [9.17, 15) is 22.4 Å². The lowest BCUT2D eigenvalue weighted by Crippen LogP contribution is -2.49. The summed E-state index contributed by atoms with van der Waals surface area (Å²) in [6.07, 6.45) is 0. The number of carboxylic acids is 1. The smallest absolute Gasteiger partial charge is 0.335 e. The van der Waals surface area contributed by atoms with Gasteiger partial charge in [0.05, 0.1) is 23.6 Å². The van der Waals surface area contributed by atoms with Crippen molar-refractivity contribution < 1.29 is 27.5 Å². The van der Waals surface area contributed by atoms with Crippen molar-refractivity contribution in [2.24, 2.45) is 0 Å². The van der Waals surface area contributed by atoms with Crippen LogP contribution < -0.4 is 4.90 Å². The molecule has 0 radical (unpaired) electrons. The van der Waals surface area contributed by atoms with Crippen LogP contribution in [0.25, 0.3) is 0 Å². The Morgan fingerprint density at radius 1 is 0.946 bits per heavy atom. The number of hydrogen-bond acceptors (Lipinski definition) is 6. The molecule has 0 aromatic heterocycles. The van der Waals surface area contributed by atoms with Crippen molar-refractivity contribution in [3.05, 3.63) is 65.0 Å². The molecule has 2 heterocycles. The number of anilines is 1. The average Bonchev–Trinajstić information content (AvgIpc) is 2.88. The molecule has 11 heteroatoms. The maximum absolute atomic E-state index is 14.8. The molecule has 2 aliphatic rings. The van der Waals surface area contributed by atoms with Crippen LogP contribution in [-0.2, 0) is 22.9 Å². The molecule has 2 aromatic carbocycles. The summed E-state index contributed by atoms with van der Waals surface area (Å²) in [5.74, 6) is -2.18. The Morgan fingerprint density at radius 3 is 2.14 bits per heavy atom. The summed E-state index contributed by atoms with van der Waals surface area (Å²) < 4.78 is 38.5. The van der Waals surface area contributed by atoms with E-state index in [1.807, 2.05) is 24.3 Å². The summed E-state index contributed by atoms with van der Waals surface area (Å²) in [4.78, 5) is 32.4. The summed E-state index contributed by atoms with van der Waals surface area (Å²) >= 11 is 0. The minimum Gasteiger partial charge on any atom is -0.478 e. The van der Waals surface area contributed by atoms with Crippen molar-refractivity contribution in [2.45, 2.75) is 20.0 Å². The Balaban J connectivity index is 1.53. The standard InChI is InChI=1S/C26H33FN4O5S/c1-2-28-9-11-29(12-10-28)18-20-3-7-23(8-4-20)31(26(34)30-13-15-37(35,36)16-14-30)19-22-6-5-21(25(32)33)17-24(22)27/h3-8,17H,2,9-16,18-19H2,1H3,(H,32,33). The molecule has 0 spiro atoms. The van der Waals surface area contributed by atoms with E-state index in [1.165, 1.54) is 21.9 Å². The Bertz CT molecular complexity index is 1220. The van der Waals surface area contributed by atoms with Gasteiger partial charge in [0.25, 0.3) is 0 Å². The maximum atomic E-state index is 14.8. The highest BCUT2D eigenvalue weighted by Gasteiger charge is 2.29. The number of carbonyl (C=O) groups excluding carboxylic acids is 1. The highest BCUT2D eigenvalue weighted by atomic mass is 32.2. The first kappa shape index (κ1) is 27.0. The Labute approximate surface area is 217 Å². The molecule has 4 rings (SSSR count). The van der Waals surface area contributed by atoms with Gasteiger partial charge in [-0.3, -0.25) is 9.80 Å². The van der Waals surface area contributed by atoms with Gasteiger partial charge >= 0.3 is 12.0 Å². The zero-order valence-electron chi connectivity index (χ0n) is 21.0. The SMILES string of the molecule is CCN1CCN(Cc2ccc(N(Cc3ccc(C(=O)O)cc3F)C(=O)N3CCS(=O)(=O)CC3)cc2)CC1. The number of carbonyl (C=O) groups is 2. The van der Waals surface area contributed by atoms with E-state index in [1.54, 1.807) is 0 Å². The fraction of sp³-hybridized carbons (Fsp3) is 0.462. The summed E-state index contributed by atoms with van der Waals surface area (Å²) in [7, 11) is -3.18. The first-order valence-electron chi connectivity index (χ1n) is 12.5. The number of aromatic carboxylic acids is 1. The number of sulfone groups is 1. The average molecular weight is 533 g/mol. The molecule has 0 saturated carbocycles. The van der Waals surface area contributed by atoms with Gasteiger partial charge in [-0.25, -0.2) is 22.4 Å². The molecular weight excluding hydrogens is 499 g/mol. The van der Waals surface area contributed by atoms with Crippen molar-refractivity contribution in [3.63, 3.8) is 0 Å².